The Kier molecular flexibility index (Phi) is 3.51. The molecule has 0 aliphatic carbocycles. The first-order chi connectivity index (χ1) is 8.06. The van der Waals surface area contributed by atoms with E-state index < -0.39 is 18.5 Å². The maximum atomic E-state index is 9.74. The second-order valence-electron chi connectivity index (χ2n) is 4.27. The van der Waals surface area contributed by atoms with Crippen LogP contribution >= 0.6 is 0 Å². The van der Waals surface area contributed by atoms with Crippen LogP contribution in [0.5, 0.6) is 5.75 Å². The summed E-state index contributed by atoms with van der Waals surface area (Å²) >= 11 is 0. The molecule has 4 N–H and O–H groups in total. The summed E-state index contributed by atoms with van der Waals surface area (Å²) in [6.45, 7) is 1.75. The molecule has 1 heterocycles. The largest absolute Gasteiger partial charge is 0.462 e. The molecular formula is C12H17NO4. The van der Waals surface area contributed by atoms with Crippen LogP contribution in [0.4, 0.5) is 5.69 Å². The normalized spacial score (nSPS) is 33.4. The number of nitrogens with two attached hydrogens (primary N) is 1. The summed E-state index contributed by atoms with van der Waals surface area (Å²) in [5.41, 5.74) is 6.20. The highest BCUT2D eigenvalue weighted by molar-refractivity contribution is 5.41. The number of hydrogen-bond acceptors (Lipinski definition) is 5. The molecule has 4 atom stereocenters. The molecule has 0 radical (unpaired) electrons. The monoisotopic (exact) mass is 239 g/mol. The molecule has 0 saturated carbocycles. The quantitative estimate of drug-likeness (QED) is 0.655. The summed E-state index contributed by atoms with van der Waals surface area (Å²) in [4.78, 5) is 0. The van der Waals surface area contributed by atoms with E-state index in [0.717, 1.165) is 0 Å². The number of hydrogen-bond donors (Lipinski definition) is 3. The Morgan fingerprint density at radius 2 is 1.88 bits per heavy atom. The van der Waals surface area contributed by atoms with E-state index in [4.69, 9.17) is 15.2 Å². The van der Waals surface area contributed by atoms with Crippen molar-refractivity contribution in [2.75, 3.05) is 5.73 Å². The third kappa shape index (κ3) is 2.88. The lowest BCUT2D eigenvalue weighted by atomic mass is 10.0. The van der Waals surface area contributed by atoms with Crippen LogP contribution in [0.3, 0.4) is 0 Å². The topological polar surface area (TPSA) is 84.9 Å². The standard InChI is InChI=1S/C12H17NO4/c1-7-10(14)6-11(15)12(16-7)17-9-4-2-8(13)3-5-9/h2-5,7,10-12,14-15H,6,13H2,1H3/t7-,10-,11-,12+/m0/s1. The Morgan fingerprint density at radius 3 is 2.53 bits per heavy atom. The van der Waals surface area contributed by atoms with Gasteiger partial charge in [-0.2, -0.15) is 0 Å². The van der Waals surface area contributed by atoms with Gasteiger partial charge in [-0.05, 0) is 31.2 Å². The molecule has 0 spiro atoms. The molecule has 1 aromatic rings. The van der Waals surface area contributed by atoms with Crippen molar-refractivity contribution in [3.05, 3.63) is 24.3 Å². The van der Waals surface area contributed by atoms with Crippen molar-refractivity contribution in [3.8, 4) is 5.75 Å². The average Bonchev–Trinajstić information content (AvgIpc) is 2.29. The first-order valence-corrected chi connectivity index (χ1v) is 5.60. The lowest BCUT2D eigenvalue weighted by Crippen LogP contribution is -2.48. The Labute approximate surface area is 99.8 Å². The Morgan fingerprint density at radius 1 is 1.24 bits per heavy atom. The van der Waals surface area contributed by atoms with E-state index in [0.29, 0.717) is 11.4 Å². The number of anilines is 1. The maximum absolute atomic E-state index is 9.74. The van der Waals surface area contributed by atoms with Gasteiger partial charge in [0.15, 0.2) is 0 Å². The van der Waals surface area contributed by atoms with Crippen molar-refractivity contribution in [3.63, 3.8) is 0 Å². The zero-order valence-corrected chi connectivity index (χ0v) is 9.61. The fraction of sp³-hybridized carbons (Fsp3) is 0.500. The number of ether oxygens (including phenoxy) is 2. The van der Waals surface area contributed by atoms with Crippen molar-refractivity contribution in [1.29, 1.82) is 0 Å². The van der Waals surface area contributed by atoms with Crippen molar-refractivity contribution in [2.45, 2.75) is 37.9 Å². The zero-order valence-electron chi connectivity index (χ0n) is 9.61. The molecule has 94 valence electrons. The van der Waals surface area contributed by atoms with Crippen molar-refractivity contribution in [2.24, 2.45) is 0 Å². The van der Waals surface area contributed by atoms with Crippen LogP contribution in [0.15, 0.2) is 24.3 Å². The van der Waals surface area contributed by atoms with Gasteiger partial charge >= 0.3 is 0 Å². The van der Waals surface area contributed by atoms with E-state index in [1.165, 1.54) is 0 Å². The van der Waals surface area contributed by atoms with Gasteiger partial charge < -0.3 is 25.4 Å². The van der Waals surface area contributed by atoms with Crippen LogP contribution in [-0.2, 0) is 4.74 Å². The first kappa shape index (κ1) is 12.2. The van der Waals surface area contributed by atoms with Gasteiger partial charge in [0.1, 0.15) is 11.9 Å². The lowest BCUT2D eigenvalue weighted by molar-refractivity contribution is -0.228. The molecule has 0 aromatic heterocycles. The highest BCUT2D eigenvalue weighted by Crippen LogP contribution is 2.23. The number of nitrogen functional groups attached to an aromatic ring is 1. The Bertz CT molecular complexity index is 367. The fourth-order valence-electron chi connectivity index (χ4n) is 1.73. The van der Waals surface area contributed by atoms with E-state index in [9.17, 15) is 10.2 Å². The summed E-state index contributed by atoms with van der Waals surface area (Å²) in [7, 11) is 0. The molecule has 1 aromatic carbocycles. The minimum absolute atomic E-state index is 0.251. The summed E-state index contributed by atoms with van der Waals surface area (Å²) in [6, 6.07) is 6.84. The molecule has 0 amide bonds. The number of aliphatic hydroxyl groups excluding tert-OH is 2. The third-order valence-corrected chi connectivity index (χ3v) is 2.82. The van der Waals surface area contributed by atoms with Crippen LogP contribution in [0.1, 0.15) is 13.3 Å². The third-order valence-electron chi connectivity index (χ3n) is 2.82. The van der Waals surface area contributed by atoms with Crippen LogP contribution in [0.25, 0.3) is 0 Å². The fourth-order valence-corrected chi connectivity index (χ4v) is 1.73. The molecule has 0 unspecified atom stereocenters. The molecule has 0 bridgehead atoms. The maximum Gasteiger partial charge on any atom is 0.226 e. The van der Waals surface area contributed by atoms with Gasteiger partial charge in [0.25, 0.3) is 0 Å². The summed E-state index contributed by atoms with van der Waals surface area (Å²) in [5.74, 6) is 0.576. The molecule has 2 rings (SSSR count). The van der Waals surface area contributed by atoms with Gasteiger partial charge in [-0.25, -0.2) is 0 Å². The van der Waals surface area contributed by atoms with Crippen LogP contribution < -0.4 is 10.5 Å². The highest BCUT2D eigenvalue weighted by Gasteiger charge is 2.35. The molecule has 5 nitrogen and oxygen atoms in total. The SMILES string of the molecule is C[C@@H]1O[C@H](Oc2ccc(N)cc2)[C@@H](O)C[C@@H]1O. The van der Waals surface area contributed by atoms with Crippen molar-refractivity contribution in [1.82, 2.24) is 0 Å². The van der Waals surface area contributed by atoms with E-state index in [1.807, 2.05) is 0 Å². The molecule has 1 aliphatic rings. The highest BCUT2D eigenvalue weighted by atomic mass is 16.7. The lowest BCUT2D eigenvalue weighted by Gasteiger charge is -2.35. The van der Waals surface area contributed by atoms with Gasteiger partial charge in [0.2, 0.25) is 6.29 Å². The molecule has 1 fully saturated rings. The van der Waals surface area contributed by atoms with Gasteiger partial charge in [-0.3, -0.25) is 0 Å². The smallest absolute Gasteiger partial charge is 0.226 e. The summed E-state index contributed by atoms with van der Waals surface area (Å²) < 4.78 is 10.9. The molecule has 17 heavy (non-hydrogen) atoms. The molecular weight excluding hydrogens is 222 g/mol. The number of rotatable bonds is 2. The second kappa shape index (κ2) is 4.91. The molecule has 1 aliphatic heterocycles. The average molecular weight is 239 g/mol. The van der Waals surface area contributed by atoms with Gasteiger partial charge in [0.05, 0.1) is 12.2 Å². The minimum atomic E-state index is -0.834. The predicted octanol–water partition coefficient (Wildman–Crippen LogP) is 0.504. The minimum Gasteiger partial charge on any atom is -0.462 e. The van der Waals surface area contributed by atoms with E-state index in [2.05, 4.69) is 0 Å². The van der Waals surface area contributed by atoms with E-state index in [1.54, 1.807) is 31.2 Å². The van der Waals surface area contributed by atoms with Gasteiger partial charge in [0, 0.05) is 12.1 Å². The molecule has 5 heteroatoms. The van der Waals surface area contributed by atoms with Crippen molar-refractivity contribution < 1.29 is 19.7 Å². The Hall–Kier alpha value is -1.30. The first-order valence-electron chi connectivity index (χ1n) is 5.60. The van der Waals surface area contributed by atoms with Crippen molar-refractivity contribution >= 4 is 5.69 Å². The van der Waals surface area contributed by atoms with Crippen LogP contribution in [0, 0.1) is 0 Å². The number of benzene rings is 1. The van der Waals surface area contributed by atoms with Crippen LogP contribution in [0.2, 0.25) is 0 Å². The van der Waals surface area contributed by atoms with E-state index >= 15 is 0 Å². The Balaban J connectivity index is 2.00. The summed E-state index contributed by atoms with van der Waals surface area (Å²) in [5, 5.41) is 19.2. The number of aliphatic hydroxyl groups is 2. The molecule has 1 saturated heterocycles. The zero-order chi connectivity index (χ0) is 12.4. The predicted molar refractivity (Wildman–Crippen MR) is 62.4 cm³/mol. The van der Waals surface area contributed by atoms with Gasteiger partial charge in [-0.1, -0.05) is 0 Å². The van der Waals surface area contributed by atoms with Gasteiger partial charge in [-0.15, -0.1) is 0 Å². The van der Waals surface area contributed by atoms with Crippen LogP contribution in [-0.4, -0.2) is 34.8 Å². The van der Waals surface area contributed by atoms with E-state index in [-0.39, 0.29) is 12.5 Å². The summed E-state index contributed by atoms with van der Waals surface area (Å²) in [6.07, 6.45) is -2.34. The second-order valence-corrected chi connectivity index (χ2v) is 4.27.